The van der Waals surface area contributed by atoms with E-state index < -0.39 is 23.7 Å². The van der Waals surface area contributed by atoms with Crippen molar-refractivity contribution in [3.05, 3.63) is 102 Å². The number of pyridine rings is 2. The number of carbonyl (C=O) groups excluding carboxylic acids is 3. The maximum atomic E-state index is 13.3. The number of nitrogens with one attached hydrogen (secondary N) is 3. The molecule has 3 N–H and O–H groups in total. The molecule has 13 heteroatoms. The van der Waals surface area contributed by atoms with Gasteiger partial charge in [0.15, 0.2) is 5.75 Å². The lowest BCUT2D eigenvalue weighted by Crippen LogP contribution is -2.21. The number of esters is 1. The average molecular weight is 551 g/mol. The first-order valence-corrected chi connectivity index (χ1v) is 11.5. The Morgan fingerprint density at radius 3 is 2.23 bits per heavy atom. The van der Waals surface area contributed by atoms with Gasteiger partial charge in [-0.25, -0.2) is 9.59 Å². The summed E-state index contributed by atoms with van der Waals surface area (Å²) in [5, 5.41) is 7.23. The van der Waals surface area contributed by atoms with Gasteiger partial charge in [0.05, 0.1) is 16.8 Å². The number of nitrogens with zero attached hydrogens (tertiary/aromatic N) is 2. The Hall–Kier alpha value is -5.46. The van der Waals surface area contributed by atoms with Crippen LogP contribution in [0.15, 0.2) is 85.3 Å². The minimum Gasteiger partial charge on any atom is -0.457 e. The maximum absolute atomic E-state index is 13.3. The van der Waals surface area contributed by atoms with E-state index in [0.29, 0.717) is 17.6 Å². The summed E-state index contributed by atoms with van der Waals surface area (Å²) in [6.45, 7) is 0. The average Bonchev–Trinajstić information content (AvgIpc) is 2.94. The molecule has 0 atom stereocenters. The van der Waals surface area contributed by atoms with Gasteiger partial charge in [-0.05, 0) is 60.7 Å². The minimum absolute atomic E-state index is 0.115. The van der Waals surface area contributed by atoms with Crippen LogP contribution >= 0.6 is 0 Å². The van der Waals surface area contributed by atoms with Crippen molar-refractivity contribution in [1.82, 2.24) is 15.3 Å². The zero-order valence-corrected chi connectivity index (χ0v) is 20.7. The van der Waals surface area contributed by atoms with Crippen LogP contribution in [0.25, 0.3) is 0 Å². The smallest absolute Gasteiger partial charge is 0.416 e. The summed E-state index contributed by atoms with van der Waals surface area (Å²) in [6, 6.07) is 13.2. The van der Waals surface area contributed by atoms with Crippen molar-refractivity contribution in [2.75, 3.05) is 17.7 Å². The van der Waals surface area contributed by atoms with Crippen molar-refractivity contribution in [2.45, 2.75) is 6.18 Å². The molecule has 0 saturated carbocycles. The van der Waals surface area contributed by atoms with Crippen LogP contribution in [-0.2, 0) is 6.18 Å². The zero-order chi connectivity index (χ0) is 28.7. The Morgan fingerprint density at radius 1 is 0.825 bits per heavy atom. The third kappa shape index (κ3) is 7.10. The fourth-order valence-corrected chi connectivity index (χ4v) is 3.29. The van der Waals surface area contributed by atoms with Gasteiger partial charge in [0.25, 0.3) is 5.91 Å². The van der Waals surface area contributed by atoms with Crippen LogP contribution in [-0.4, -0.2) is 34.9 Å². The van der Waals surface area contributed by atoms with E-state index in [1.807, 2.05) is 0 Å². The Labute approximate surface area is 225 Å². The van der Waals surface area contributed by atoms with Gasteiger partial charge < -0.3 is 25.4 Å². The summed E-state index contributed by atoms with van der Waals surface area (Å²) >= 11 is 0. The highest BCUT2D eigenvalue weighted by atomic mass is 19.4. The Bertz CT molecular complexity index is 1530. The number of hydrogen-bond acceptors (Lipinski definition) is 7. The summed E-state index contributed by atoms with van der Waals surface area (Å²) in [5.41, 5.74) is -0.865. The minimum atomic E-state index is -4.70. The molecular weight excluding hydrogens is 531 g/mol. The number of rotatable bonds is 7. The van der Waals surface area contributed by atoms with E-state index in [2.05, 4.69) is 25.9 Å². The highest BCUT2D eigenvalue weighted by molar-refractivity contribution is 6.01. The van der Waals surface area contributed by atoms with Gasteiger partial charge in [0.2, 0.25) is 0 Å². The standard InChI is InChI=1S/C27H20F3N5O5/c1-31-24(36)22-15-20(10-13-33-22)39-19-5-3-18(4-6-19)34-26(38)35-21-14-17(27(28,29)30)2-7-23(21)40-25(37)16-8-11-32-12-9-16/h2-15H,1H3,(H,31,36)(H2,34,35,38). The third-order valence-electron chi connectivity index (χ3n) is 5.21. The number of carbonyl (C=O) groups is 3. The number of benzene rings is 2. The van der Waals surface area contributed by atoms with E-state index in [9.17, 15) is 27.6 Å². The molecule has 0 saturated heterocycles. The second-order valence-electron chi connectivity index (χ2n) is 8.00. The maximum Gasteiger partial charge on any atom is 0.416 e. The molecule has 40 heavy (non-hydrogen) atoms. The molecule has 2 aromatic heterocycles. The first kappa shape index (κ1) is 27.6. The highest BCUT2D eigenvalue weighted by Crippen LogP contribution is 2.35. The number of hydrogen-bond donors (Lipinski definition) is 3. The molecule has 0 aliphatic heterocycles. The molecule has 0 aliphatic carbocycles. The van der Waals surface area contributed by atoms with Crippen molar-refractivity contribution in [3.8, 4) is 17.2 Å². The number of halogens is 3. The monoisotopic (exact) mass is 551 g/mol. The predicted octanol–water partition coefficient (Wildman–Crippen LogP) is 5.51. The van der Waals surface area contributed by atoms with E-state index in [4.69, 9.17) is 9.47 Å². The van der Waals surface area contributed by atoms with Gasteiger partial charge in [0.1, 0.15) is 17.2 Å². The van der Waals surface area contributed by atoms with Crippen molar-refractivity contribution in [3.63, 3.8) is 0 Å². The van der Waals surface area contributed by atoms with E-state index in [1.54, 1.807) is 6.07 Å². The summed E-state index contributed by atoms with van der Waals surface area (Å²) < 4.78 is 50.8. The van der Waals surface area contributed by atoms with Crippen molar-refractivity contribution < 1.29 is 37.0 Å². The van der Waals surface area contributed by atoms with Gasteiger partial charge in [-0.3, -0.25) is 14.8 Å². The first-order chi connectivity index (χ1) is 19.1. The van der Waals surface area contributed by atoms with Crippen LogP contribution in [0.3, 0.4) is 0 Å². The van der Waals surface area contributed by atoms with Crippen LogP contribution in [0.4, 0.5) is 29.3 Å². The molecule has 204 valence electrons. The Balaban J connectivity index is 1.46. The van der Waals surface area contributed by atoms with Gasteiger partial charge in [-0.15, -0.1) is 0 Å². The largest absolute Gasteiger partial charge is 0.457 e. The molecule has 0 bridgehead atoms. The summed E-state index contributed by atoms with van der Waals surface area (Å²) in [5.74, 6) is -0.791. The summed E-state index contributed by atoms with van der Waals surface area (Å²) in [7, 11) is 1.47. The van der Waals surface area contributed by atoms with Crippen LogP contribution in [0.5, 0.6) is 17.2 Å². The molecule has 0 spiro atoms. The molecule has 0 fully saturated rings. The lowest BCUT2D eigenvalue weighted by molar-refractivity contribution is -0.137. The Kier molecular flexibility index (Phi) is 8.23. The molecule has 3 amide bonds. The van der Waals surface area contributed by atoms with Crippen molar-refractivity contribution in [2.24, 2.45) is 0 Å². The molecule has 4 aromatic rings. The third-order valence-corrected chi connectivity index (χ3v) is 5.21. The number of ether oxygens (including phenoxy) is 2. The van der Waals surface area contributed by atoms with Gasteiger partial charge in [0, 0.05) is 37.4 Å². The van der Waals surface area contributed by atoms with Crippen molar-refractivity contribution >= 4 is 29.3 Å². The SMILES string of the molecule is CNC(=O)c1cc(Oc2ccc(NC(=O)Nc3cc(C(F)(F)F)ccc3OC(=O)c3ccncc3)cc2)ccn1. The molecule has 0 aliphatic rings. The van der Waals surface area contributed by atoms with E-state index >= 15 is 0 Å². The quantitative estimate of drug-likeness (QED) is 0.204. The fraction of sp³-hybridized carbons (Fsp3) is 0.0741. The number of urea groups is 1. The molecular formula is C27H20F3N5O5. The molecule has 2 heterocycles. The number of anilines is 2. The predicted molar refractivity (Wildman–Crippen MR) is 137 cm³/mol. The normalized spacial score (nSPS) is 10.8. The molecule has 10 nitrogen and oxygen atoms in total. The van der Waals surface area contributed by atoms with Gasteiger partial charge in [-0.1, -0.05) is 0 Å². The molecule has 0 radical (unpaired) electrons. The lowest BCUT2D eigenvalue weighted by atomic mass is 10.1. The topological polar surface area (TPSA) is 132 Å². The van der Waals surface area contributed by atoms with E-state index in [1.165, 1.54) is 68.1 Å². The Morgan fingerprint density at radius 2 is 1.55 bits per heavy atom. The van der Waals surface area contributed by atoms with Crippen LogP contribution in [0.2, 0.25) is 0 Å². The van der Waals surface area contributed by atoms with Crippen LogP contribution in [0.1, 0.15) is 26.4 Å². The van der Waals surface area contributed by atoms with Crippen molar-refractivity contribution in [1.29, 1.82) is 0 Å². The number of alkyl halides is 3. The van der Waals surface area contributed by atoms with E-state index in [-0.39, 0.29) is 34.3 Å². The van der Waals surface area contributed by atoms with E-state index in [0.717, 1.165) is 12.1 Å². The summed E-state index contributed by atoms with van der Waals surface area (Å²) in [6.07, 6.45) is -0.584. The second-order valence-corrected chi connectivity index (χ2v) is 8.00. The second kappa shape index (κ2) is 11.9. The number of aromatic nitrogens is 2. The fourth-order valence-electron chi connectivity index (χ4n) is 3.29. The summed E-state index contributed by atoms with van der Waals surface area (Å²) in [4.78, 5) is 44.5. The molecule has 4 rings (SSSR count). The van der Waals surface area contributed by atoms with Crippen LogP contribution in [0, 0.1) is 0 Å². The number of amides is 3. The highest BCUT2D eigenvalue weighted by Gasteiger charge is 2.31. The molecule has 2 aromatic carbocycles. The first-order valence-electron chi connectivity index (χ1n) is 11.5. The molecule has 0 unspecified atom stereocenters. The zero-order valence-electron chi connectivity index (χ0n) is 20.7. The van der Waals surface area contributed by atoms with Gasteiger partial charge in [-0.2, -0.15) is 13.2 Å². The lowest BCUT2D eigenvalue weighted by Gasteiger charge is -2.15. The van der Waals surface area contributed by atoms with Gasteiger partial charge >= 0.3 is 18.2 Å². The van der Waals surface area contributed by atoms with Crippen LogP contribution < -0.4 is 25.4 Å².